The number of imide groups is 1. The third-order valence-electron chi connectivity index (χ3n) is 8.37. The number of alkyl halides is 6. The zero-order valence-corrected chi connectivity index (χ0v) is 23.2. The molecule has 1 N–H and O–H groups in total. The average Bonchev–Trinajstić information content (AvgIpc) is 3.19. The molecule has 222 valence electrons. The molecule has 1 fully saturated rings. The summed E-state index contributed by atoms with van der Waals surface area (Å²) in [4.78, 5) is 54.2. The molecule has 4 atom stereocenters. The predicted octanol–water partition coefficient (Wildman–Crippen LogP) is 6.40. The Balaban J connectivity index is 1.48. The van der Waals surface area contributed by atoms with Crippen molar-refractivity contribution in [3.8, 4) is 5.75 Å². The number of phenols is 1. The van der Waals surface area contributed by atoms with E-state index in [0.717, 1.165) is 6.08 Å². The van der Waals surface area contributed by atoms with Gasteiger partial charge in [0, 0.05) is 23.1 Å². The van der Waals surface area contributed by atoms with Gasteiger partial charge in [0.15, 0.2) is 11.6 Å². The number of aromatic hydroxyl groups is 1. The van der Waals surface area contributed by atoms with Crippen LogP contribution in [0.25, 0.3) is 0 Å². The maximum absolute atomic E-state index is 13.9. The Hall–Kier alpha value is -4.00. The zero-order valence-electron chi connectivity index (χ0n) is 21.6. The molecule has 6 rings (SSSR count). The van der Waals surface area contributed by atoms with Gasteiger partial charge in [0.05, 0.1) is 33.1 Å². The number of ketones is 2. The highest BCUT2D eigenvalue weighted by Crippen LogP contribution is 2.56. The van der Waals surface area contributed by atoms with Gasteiger partial charge in [0.2, 0.25) is 11.8 Å². The van der Waals surface area contributed by atoms with Crippen LogP contribution in [0.1, 0.15) is 35.4 Å². The van der Waals surface area contributed by atoms with Gasteiger partial charge in [0.1, 0.15) is 5.75 Å². The fraction of sp³-hybridized carbons (Fsp3) is 0.267. The molecule has 1 heterocycles. The molecule has 1 saturated heterocycles. The molecule has 4 unspecified atom stereocenters. The highest BCUT2D eigenvalue weighted by molar-refractivity contribution is 9.12. The Morgan fingerprint density at radius 2 is 1.51 bits per heavy atom. The van der Waals surface area contributed by atoms with Gasteiger partial charge in [-0.25, -0.2) is 4.90 Å². The molecule has 2 amide bonds. The number of halogens is 7. The minimum Gasteiger partial charge on any atom is -0.508 e. The first-order chi connectivity index (χ1) is 20.1. The number of nitrogens with zero attached hydrogens (tertiary/aromatic N) is 1. The maximum Gasteiger partial charge on any atom is 0.416 e. The molecule has 43 heavy (non-hydrogen) atoms. The van der Waals surface area contributed by atoms with Crippen molar-refractivity contribution < 1.29 is 50.6 Å². The number of carbonyl (C=O) groups excluding carboxylic acids is 4. The molecule has 0 spiro atoms. The molecule has 0 aromatic heterocycles. The Morgan fingerprint density at radius 3 is 2.12 bits per heavy atom. The second-order valence-corrected chi connectivity index (χ2v) is 11.6. The smallest absolute Gasteiger partial charge is 0.416 e. The van der Waals surface area contributed by atoms with E-state index in [9.17, 15) is 50.6 Å². The third kappa shape index (κ3) is 4.64. The quantitative estimate of drug-likeness (QED) is 0.174. The third-order valence-corrected chi connectivity index (χ3v) is 8.95. The van der Waals surface area contributed by atoms with Gasteiger partial charge in [-0.05, 0) is 70.6 Å². The SMILES string of the molecule is O=C1C=C(Br)C(=O)C2=C1C(c1cccc(O)c1)C1=CCC3C(=O)N(c4cc(C(F)(F)F)cc(C(F)(F)F)c4)C(=O)C3C1C2. The summed E-state index contributed by atoms with van der Waals surface area (Å²) >= 11 is 3.08. The summed E-state index contributed by atoms with van der Waals surface area (Å²) in [7, 11) is 0. The van der Waals surface area contributed by atoms with E-state index < -0.39 is 76.2 Å². The Kier molecular flexibility index (Phi) is 6.60. The number of rotatable bonds is 2. The van der Waals surface area contributed by atoms with Crippen LogP contribution < -0.4 is 4.90 Å². The number of carbonyl (C=O) groups is 4. The van der Waals surface area contributed by atoms with Crippen LogP contribution in [0.2, 0.25) is 0 Å². The van der Waals surface area contributed by atoms with Crippen molar-refractivity contribution in [2.45, 2.75) is 31.1 Å². The largest absolute Gasteiger partial charge is 0.508 e. The molecular weight excluding hydrogens is 648 g/mol. The number of phenolic OH excluding ortho intramolecular Hbond substituents is 1. The highest BCUT2D eigenvalue weighted by Gasteiger charge is 2.57. The second kappa shape index (κ2) is 9.76. The molecular formula is C30H18BrF6NO5. The van der Waals surface area contributed by atoms with Gasteiger partial charge >= 0.3 is 12.4 Å². The molecule has 6 nitrogen and oxygen atoms in total. The molecule has 13 heteroatoms. The van der Waals surface area contributed by atoms with Crippen molar-refractivity contribution in [1.82, 2.24) is 0 Å². The Bertz CT molecular complexity index is 1700. The highest BCUT2D eigenvalue weighted by atomic mass is 79.9. The van der Waals surface area contributed by atoms with Crippen LogP contribution in [0.4, 0.5) is 32.0 Å². The van der Waals surface area contributed by atoms with Crippen molar-refractivity contribution in [2.24, 2.45) is 17.8 Å². The van der Waals surface area contributed by atoms with Crippen molar-refractivity contribution in [3.05, 3.63) is 92.5 Å². The fourth-order valence-corrected chi connectivity index (χ4v) is 7.06. The van der Waals surface area contributed by atoms with Crippen LogP contribution in [-0.2, 0) is 31.5 Å². The zero-order chi connectivity index (χ0) is 31.2. The minimum atomic E-state index is -5.20. The first-order valence-electron chi connectivity index (χ1n) is 12.9. The first-order valence-corrected chi connectivity index (χ1v) is 13.7. The normalized spacial score (nSPS) is 25.8. The number of anilines is 1. The van der Waals surface area contributed by atoms with Crippen molar-refractivity contribution in [3.63, 3.8) is 0 Å². The minimum absolute atomic E-state index is 0.0233. The van der Waals surface area contributed by atoms with E-state index in [1.165, 1.54) is 18.2 Å². The molecule has 2 aromatic rings. The lowest BCUT2D eigenvalue weighted by molar-refractivity contribution is -0.143. The van der Waals surface area contributed by atoms with E-state index in [1.807, 2.05) is 0 Å². The van der Waals surface area contributed by atoms with E-state index in [0.29, 0.717) is 28.2 Å². The molecule has 0 radical (unpaired) electrons. The number of fused-ring (bicyclic) bond motifs is 3. The molecule has 4 aliphatic rings. The van der Waals surface area contributed by atoms with Gasteiger partial charge in [0.25, 0.3) is 0 Å². The van der Waals surface area contributed by atoms with Crippen molar-refractivity contribution in [1.29, 1.82) is 0 Å². The van der Waals surface area contributed by atoms with E-state index in [4.69, 9.17) is 0 Å². The summed E-state index contributed by atoms with van der Waals surface area (Å²) in [6, 6.07) is 6.51. The second-order valence-electron chi connectivity index (χ2n) is 10.8. The van der Waals surface area contributed by atoms with Crippen LogP contribution in [0, 0.1) is 17.8 Å². The summed E-state index contributed by atoms with van der Waals surface area (Å²) in [6.45, 7) is 0. The van der Waals surface area contributed by atoms with Gasteiger partial charge in [-0.2, -0.15) is 26.3 Å². The number of Topliss-reactive ketones (excluding diaryl/α,β-unsaturated/α-hetero) is 1. The van der Waals surface area contributed by atoms with E-state index >= 15 is 0 Å². The molecule has 2 aromatic carbocycles. The number of hydrogen-bond acceptors (Lipinski definition) is 5. The van der Waals surface area contributed by atoms with Crippen LogP contribution in [0.15, 0.2) is 75.8 Å². The molecule has 0 saturated carbocycles. The van der Waals surface area contributed by atoms with Crippen molar-refractivity contribution >= 4 is 45.0 Å². The number of benzene rings is 2. The van der Waals surface area contributed by atoms with Gasteiger partial charge in [-0.3, -0.25) is 19.2 Å². The fourth-order valence-electron chi connectivity index (χ4n) is 6.61. The van der Waals surface area contributed by atoms with Crippen LogP contribution >= 0.6 is 15.9 Å². The van der Waals surface area contributed by atoms with Crippen LogP contribution in [-0.4, -0.2) is 28.5 Å². The Morgan fingerprint density at radius 1 is 0.860 bits per heavy atom. The lowest BCUT2D eigenvalue weighted by Gasteiger charge is -2.42. The lowest BCUT2D eigenvalue weighted by atomic mass is 9.59. The lowest BCUT2D eigenvalue weighted by Crippen LogP contribution is -2.39. The summed E-state index contributed by atoms with van der Waals surface area (Å²) < 4.78 is 81.4. The average molecular weight is 666 g/mol. The Labute approximate surface area is 247 Å². The molecule has 1 aliphatic heterocycles. The predicted molar refractivity (Wildman–Crippen MR) is 142 cm³/mol. The number of allylic oxidation sites excluding steroid dienone is 6. The standard InChI is InChI=1S/C30H18BrF6NO5/c31-21-11-22(40)25-20(26(21)41)10-19-17(23(25)12-2-1-3-16(39)6-12)4-5-18-24(19)28(43)38(27(18)42)15-8-13(29(32,33)34)7-14(9-15)30(35,36)37/h1-4,6-9,11,18-19,23-24,39H,5,10H2. The van der Waals surface area contributed by atoms with Gasteiger partial charge < -0.3 is 5.11 Å². The van der Waals surface area contributed by atoms with Crippen LogP contribution in [0.5, 0.6) is 5.75 Å². The van der Waals surface area contributed by atoms with E-state index in [2.05, 4.69) is 15.9 Å². The monoisotopic (exact) mass is 665 g/mol. The van der Waals surface area contributed by atoms with Crippen molar-refractivity contribution in [2.75, 3.05) is 4.90 Å². The van der Waals surface area contributed by atoms with E-state index in [-0.39, 0.29) is 40.3 Å². The topological polar surface area (TPSA) is 91.8 Å². The van der Waals surface area contributed by atoms with Crippen LogP contribution in [0.3, 0.4) is 0 Å². The maximum atomic E-state index is 13.9. The summed E-state index contributed by atoms with van der Waals surface area (Å²) in [5.74, 6) is -7.21. The first kappa shape index (κ1) is 29.1. The van der Waals surface area contributed by atoms with E-state index in [1.54, 1.807) is 12.1 Å². The number of amides is 2. The van der Waals surface area contributed by atoms with Gasteiger partial charge in [-0.1, -0.05) is 23.8 Å². The number of hydrogen-bond donors (Lipinski definition) is 1. The summed E-state index contributed by atoms with van der Waals surface area (Å²) in [5, 5.41) is 10.2. The van der Waals surface area contributed by atoms with Gasteiger partial charge in [-0.15, -0.1) is 0 Å². The summed E-state index contributed by atoms with van der Waals surface area (Å²) in [6.07, 6.45) is -7.87. The summed E-state index contributed by atoms with van der Waals surface area (Å²) in [5.41, 5.74) is -3.06. The molecule has 0 bridgehead atoms. The molecule has 3 aliphatic carbocycles.